The van der Waals surface area contributed by atoms with Crippen LogP contribution in [-0.4, -0.2) is 53.3 Å². The van der Waals surface area contributed by atoms with E-state index < -0.39 is 13.2 Å². The van der Waals surface area contributed by atoms with Crippen LogP contribution in [0.15, 0.2) is 42.5 Å². The normalized spacial score (nSPS) is 20.7. The quantitative estimate of drug-likeness (QED) is 0.453. The first-order valence-corrected chi connectivity index (χ1v) is 11.0. The summed E-state index contributed by atoms with van der Waals surface area (Å²) in [6.45, 7) is 0. The monoisotopic (exact) mass is 439 g/mol. The van der Waals surface area contributed by atoms with Crippen molar-refractivity contribution in [1.29, 1.82) is 0 Å². The van der Waals surface area contributed by atoms with Gasteiger partial charge in [0.05, 0.1) is 0 Å². The SMILES string of the molecule is COc1cc(OC)c(C2C(c3ccccc3)=[N+]([O-])OP2(OC)(OC)OC)c(OC)c1. The zero-order chi connectivity index (χ0) is 22.0. The predicted octanol–water partition coefficient (Wildman–Crippen LogP) is 3.85. The van der Waals surface area contributed by atoms with Crippen molar-refractivity contribution in [2.75, 3.05) is 42.7 Å². The summed E-state index contributed by atoms with van der Waals surface area (Å²) in [6.07, 6.45) is 0. The standard InChI is InChI=1S/C20H26NO8P/c1-23-15-12-16(24-2)18(17(13-15)25-3)20-19(14-10-8-7-9-11-14)21(22)29-30(20,26-4,27-5)28-6/h7-13,20H,1-6H3. The van der Waals surface area contributed by atoms with Crippen LogP contribution < -0.4 is 14.2 Å². The van der Waals surface area contributed by atoms with Gasteiger partial charge < -0.3 is 0 Å². The molecule has 0 N–H and O–H groups in total. The van der Waals surface area contributed by atoms with Gasteiger partial charge in [-0.3, -0.25) is 0 Å². The topological polar surface area (TPSA) is 90.7 Å². The second kappa shape index (κ2) is 8.28. The number of hydrogen-bond acceptors (Lipinski definition) is 8. The molecule has 0 saturated heterocycles. The molecular weight excluding hydrogens is 413 g/mol. The van der Waals surface area contributed by atoms with E-state index in [4.69, 9.17) is 32.4 Å². The minimum atomic E-state index is -4.53. The Labute approximate surface area is 175 Å². The summed E-state index contributed by atoms with van der Waals surface area (Å²) in [5.41, 5.74) is 0.378. The van der Waals surface area contributed by atoms with Gasteiger partial charge in [-0.25, -0.2) is 0 Å². The number of ether oxygens (including phenoxy) is 3. The summed E-state index contributed by atoms with van der Waals surface area (Å²) in [5.74, 6) is 1.30. The van der Waals surface area contributed by atoms with Gasteiger partial charge in [-0.15, -0.1) is 0 Å². The molecule has 0 radical (unpaired) electrons. The third kappa shape index (κ3) is 3.15. The summed E-state index contributed by atoms with van der Waals surface area (Å²) in [7, 11) is 4.14. The fourth-order valence-corrected chi connectivity index (χ4v) is 6.73. The van der Waals surface area contributed by atoms with Crippen molar-refractivity contribution in [2.45, 2.75) is 5.66 Å². The molecule has 0 fully saturated rings. The molecule has 0 amide bonds. The minimum absolute atomic E-state index is 0.237. The van der Waals surface area contributed by atoms with Crippen molar-refractivity contribution < 1.29 is 37.3 Å². The van der Waals surface area contributed by atoms with Gasteiger partial charge in [-0.05, 0) is 0 Å². The number of rotatable bonds is 8. The van der Waals surface area contributed by atoms with Crippen LogP contribution in [0.2, 0.25) is 0 Å². The van der Waals surface area contributed by atoms with Gasteiger partial charge in [0, 0.05) is 0 Å². The molecule has 3 rings (SSSR count). The zero-order valence-electron chi connectivity index (χ0n) is 17.8. The summed E-state index contributed by atoms with van der Waals surface area (Å²) in [5, 5.41) is 13.1. The average Bonchev–Trinajstić information content (AvgIpc) is 3.08. The van der Waals surface area contributed by atoms with Gasteiger partial charge in [0.25, 0.3) is 0 Å². The van der Waals surface area contributed by atoms with Crippen LogP contribution in [0.5, 0.6) is 17.2 Å². The average molecular weight is 439 g/mol. The molecular formula is C20H26NO8P. The predicted molar refractivity (Wildman–Crippen MR) is 112 cm³/mol. The van der Waals surface area contributed by atoms with Gasteiger partial charge in [0.2, 0.25) is 0 Å². The van der Waals surface area contributed by atoms with Gasteiger partial charge >= 0.3 is 175 Å². The van der Waals surface area contributed by atoms with Crippen LogP contribution in [0.1, 0.15) is 16.8 Å². The maximum absolute atomic E-state index is 13.1. The van der Waals surface area contributed by atoms with Crippen LogP contribution in [0.4, 0.5) is 0 Å². The Hall–Kier alpha value is -2.58. The zero-order valence-corrected chi connectivity index (χ0v) is 18.7. The Morgan fingerprint density at radius 3 is 1.80 bits per heavy atom. The fourth-order valence-electron chi connectivity index (χ4n) is 3.69. The number of benzene rings is 2. The molecule has 1 heterocycles. The summed E-state index contributed by atoms with van der Waals surface area (Å²) < 4.78 is 39.7. The van der Waals surface area contributed by atoms with Crippen molar-refractivity contribution in [2.24, 2.45) is 0 Å². The van der Waals surface area contributed by atoms with Crippen molar-refractivity contribution in [1.82, 2.24) is 0 Å². The van der Waals surface area contributed by atoms with Gasteiger partial charge in [0.1, 0.15) is 0 Å². The van der Waals surface area contributed by atoms with Crippen molar-refractivity contribution >= 4 is 13.2 Å². The van der Waals surface area contributed by atoms with Gasteiger partial charge in [-0.2, -0.15) is 0 Å². The Morgan fingerprint density at radius 2 is 1.37 bits per heavy atom. The molecule has 0 aliphatic carbocycles. The van der Waals surface area contributed by atoms with E-state index in [-0.39, 0.29) is 5.71 Å². The van der Waals surface area contributed by atoms with Crippen LogP contribution in [0.3, 0.4) is 0 Å². The Balaban J connectivity index is 2.42. The van der Waals surface area contributed by atoms with Crippen molar-refractivity contribution in [3.05, 3.63) is 58.8 Å². The Kier molecular flexibility index (Phi) is 6.10. The van der Waals surface area contributed by atoms with E-state index in [0.29, 0.717) is 33.3 Å². The van der Waals surface area contributed by atoms with Crippen molar-refractivity contribution in [3.63, 3.8) is 0 Å². The molecule has 0 bridgehead atoms. The summed E-state index contributed by atoms with van der Waals surface area (Å²) in [6, 6.07) is 12.4. The Morgan fingerprint density at radius 1 is 0.833 bits per heavy atom. The number of nitrogens with zero attached hydrogens (tertiary/aromatic N) is 1. The molecule has 164 valence electrons. The molecule has 1 aliphatic heterocycles. The first kappa shape index (κ1) is 22.1. The molecule has 30 heavy (non-hydrogen) atoms. The molecule has 1 aliphatic rings. The molecule has 1 unspecified atom stereocenters. The fraction of sp³-hybridized carbons (Fsp3) is 0.350. The number of methoxy groups -OCH3 is 3. The van der Waals surface area contributed by atoms with E-state index in [0.717, 1.165) is 0 Å². The third-order valence-corrected chi connectivity index (χ3v) is 8.94. The maximum atomic E-state index is 13.1. The molecule has 0 saturated carbocycles. The summed E-state index contributed by atoms with van der Waals surface area (Å²) in [4.78, 5) is 0.386. The molecule has 0 spiro atoms. The van der Waals surface area contributed by atoms with Crippen LogP contribution in [-0.2, 0) is 18.2 Å². The van der Waals surface area contributed by atoms with E-state index in [1.165, 1.54) is 42.7 Å². The van der Waals surface area contributed by atoms with Crippen LogP contribution >= 0.6 is 7.51 Å². The first-order chi connectivity index (χ1) is 14.4. The van der Waals surface area contributed by atoms with Crippen LogP contribution in [0.25, 0.3) is 0 Å². The van der Waals surface area contributed by atoms with Gasteiger partial charge in [-0.1, -0.05) is 0 Å². The molecule has 2 aromatic rings. The second-order valence-corrected chi connectivity index (χ2v) is 9.87. The van der Waals surface area contributed by atoms with E-state index in [1.807, 2.05) is 18.2 Å². The van der Waals surface area contributed by atoms with E-state index >= 15 is 0 Å². The Bertz CT molecular complexity index is 909. The van der Waals surface area contributed by atoms with Crippen molar-refractivity contribution in [3.8, 4) is 17.2 Å². The summed E-state index contributed by atoms with van der Waals surface area (Å²) >= 11 is 0. The van der Waals surface area contributed by atoms with E-state index in [9.17, 15) is 5.21 Å². The van der Waals surface area contributed by atoms with E-state index in [2.05, 4.69) is 0 Å². The molecule has 0 aromatic heterocycles. The van der Waals surface area contributed by atoms with Gasteiger partial charge in [0.15, 0.2) is 0 Å². The third-order valence-electron chi connectivity index (χ3n) is 5.18. The molecule has 2 aromatic carbocycles. The number of hydrogen-bond donors (Lipinski definition) is 0. The molecule has 1 atom stereocenters. The molecule has 10 heteroatoms. The van der Waals surface area contributed by atoms with Crippen LogP contribution in [0, 0.1) is 5.21 Å². The van der Waals surface area contributed by atoms with E-state index in [1.54, 1.807) is 24.3 Å². The first-order valence-electron chi connectivity index (χ1n) is 9.03. The molecule has 9 nitrogen and oxygen atoms in total. The second-order valence-electron chi connectivity index (χ2n) is 6.35.